The van der Waals surface area contributed by atoms with Crippen LogP contribution in [-0.4, -0.2) is 38.1 Å². The Bertz CT molecular complexity index is 436. The lowest BCUT2D eigenvalue weighted by atomic mass is 9.95. The number of nitrogens with one attached hydrogen (secondary N) is 1. The van der Waals surface area contributed by atoms with Crippen molar-refractivity contribution in [1.29, 1.82) is 0 Å². The van der Waals surface area contributed by atoms with Crippen molar-refractivity contribution in [3.8, 4) is 0 Å². The molecule has 2 N–H and O–H groups in total. The zero-order chi connectivity index (χ0) is 14.6. The molecule has 1 aromatic rings. The fraction of sp³-hybridized carbons (Fsp3) is 0.750. The van der Waals surface area contributed by atoms with E-state index >= 15 is 0 Å². The Morgan fingerprint density at radius 2 is 2.11 bits per heavy atom. The van der Waals surface area contributed by atoms with E-state index < -0.39 is 11.5 Å². The maximum atomic E-state index is 11.4. The van der Waals surface area contributed by atoms with Gasteiger partial charge in [-0.15, -0.1) is 10.2 Å². The molecular weight excluding hydrogens is 266 g/mol. The molecule has 0 radical (unpaired) electrons. The lowest BCUT2D eigenvalue weighted by Gasteiger charge is -2.30. The van der Waals surface area contributed by atoms with E-state index in [0.717, 1.165) is 0 Å². The van der Waals surface area contributed by atoms with Crippen LogP contribution in [0.2, 0.25) is 0 Å². The number of carbonyl (C=O) groups is 1. The van der Waals surface area contributed by atoms with E-state index in [1.54, 1.807) is 13.8 Å². The Hall–Kier alpha value is -1.08. The van der Waals surface area contributed by atoms with Gasteiger partial charge in [0.1, 0.15) is 5.54 Å². The van der Waals surface area contributed by atoms with Gasteiger partial charge < -0.3 is 9.52 Å². The maximum absolute atomic E-state index is 11.4. The van der Waals surface area contributed by atoms with Crippen molar-refractivity contribution < 1.29 is 14.3 Å². The SMILES string of the molecule is Cc1nnc(SC(C)CC(C)(NC(C)C)C(=O)O)o1. The van der Waals surface area contributed by atoms with Gasteiger partial charge in [-0.3, -0.25) is 10.1 Å². The Labute approximate surface area is 117 Å². The summed E-state index contributed by atoms with van der Waals surface area (Å²) in [5, 5.41) is 20.6. The zero-order valence-electron chi connectivity index (χ0n) is 11.9. The normalized spacial score (nSPS) is 16.3. The molecule has 0 aromatic carbocycles. The third-order valence-corrected chi connectivity index (χ3v) is 3.52. The largest absolute Gasteiger partial charge is 0.480 e. The predicted octanol–water partition coefficient (Wildman–Crippen LogP) is 2.09. The summed E-state index contributed by atoms with van der Waals surface area (Å²) in [6, 6.07) is 0.101. The summed E-state index contributed by atoms with van der Waals surface area (Å²) in [6.45, 7) is 9.24. The molecule has 0 amide bonds. The first kappa shape index (κ1) is 16.0. The number of carboxylic acids is 1. The van der Waals surface area contributed by atoms with Crippen molar-refractivity contribution in [2.45, 2.75) is 63.1 Å². The average Bonchev–Trinajstić information content (AvgIpc) is 2.61. The number of aryl methyl sites for hydroxylation is 1. The minimum absolute atomic E-state index is 0.0483. The van der Waals surface area contributed by atoms with Crippen molar-refractivity contribution in [2.24, 2.45) is 0 Å². The first-order valence-corrected chi connectivity index (χ1v) is 7.09. The van der Waals surface area contributed by atoms with Crippen molar-refractivity contribution in [3.63, 3.8) is 0 Å². The Balaban J connectivity index is 2.66. The number of thioether (sulfide) groups is 1. The van der Waals surface area contributed by atoms with Gasteiger partial charge in [-0.2, -0.15) is 0 Å². The van der Waals surface area contributed by atoms with Crippen LogP contribution in [-0.2, 0) is 4.79 Å². The molecule has 19 heavy (non-hydrogen) atoms. The van der Waals surface area contributed by atoms with Crippen molar-refractivity contribution >= 4 is 17.7 Å². The molecule has 0 saturated heterocycles. The van der Waals surface area contributed by atoms with Crippen LogP contribution in [0.3, 0.4) is 0 Å². The molecule has 6 nitrogen and oxygen atoms in total. The van der Waals surface area contributed by atoms with E-state index in [9.17, 15) is 9.90 Å². The van der Waals surface area contributed by atoms with Gasteiger partial charge in [-0.25, -0.2) is 0 Å². The molecule has 1 rings (SSSR count). The molecule has 0 spiro atoms. The van der Waals surface area contributed by atoms with Crippen LogP contribution in [0, 0.1) is 6.92 Å². The van der Waals surface area contributed by atoms with Gasteiger partial charge in [0.2, 0.25) is 5.89 Å². The van der Waals surface area contributed by atoms with E-state index in [1.807, 2.05) is 20.8 Å². The van der Waals surface area contributed by atoms with Crippen LogP contribution in [0.1, 0.15) is 40.0 Å². The van der Waals surface area contributed by atoms with E-state index in [4.69, 9.17) is 4.42 Å². The van der Waals surface area contributed by atoms with Crippen LogP contribution in [0.5, 0.6) is 0 Å². The van der Waals surface area contributed by atoms with Gasteiger partial charge in [-0.05, 0) is 27.2 Å². The van der Waals surface area contributed by atoms with Crippen LogP contribution in [0.25, 0.3) is 0 Å². The molecule has 7 heteroatoms. The number of aromatic nitrogens is 2. The second-order valence-corrected chi connectivity index (χ2v) is 6.55. The Morgan fingerprint density at radius 1 is 1.47 bits per heavy atom. The number of carboxylic acid groups (broad SMARTS) is 1. The number of aliphatic carboxylic acids is 1. The first-order valence-electron chi connectivity index (χ1n) is 6.21. The highest BCUT2D eigenvalue weighted by Crippen LogP contribution is 2.28. The standard InChI is InChI=1S/C12H21N3O3S/c1-7(2)13-12(5,10(16)17)6-8(3)19-11-15-14-9(4)18-11/h7-8,13H,6H2,1-5H3,(H,16,17). The molecule has 0 fully saturated rings. The summed E-state index contributed by atoms with van der Waals surface area (Å²) in [6.07, 6.45) is 0.465. The molecule has 2 atom stereocenters. The quantitative estimate of drug-likeness (QED) is 0.742. The summed E-state index contributed by atoms with van der Waals surface area (Å²) in [7, 11) is 0. The fourth-order valence-corrected chi connectivity index (χ4v) is 2.98. The van der Waals surface area contributed by atoms with E-state index in [2.05, 4.69) is 15.5 Å². The summed E-state index contributed by atoms with van der Waals surface area (Å²) in [5.74, 6) is -0.341. The molecule has 108 valence electrons. The fourth-order valence-electron chi connectivity index (χ4n) is 1.96. The van der Waals surface area contributed by atoms with Crippen LogP contribution < -0.4 is 5.32 Å². The molecule has 2 unspecified atom stereocenters. The summed E-state index contributed by atoms with van der Waals surface area (Å²) in [5.41, 5.74) is -0.963. The highest BCUT2D eigenvalue weighted by Gasteiger charge is 2.35. The number of hydrogen-bond donors (Lipinski definition) is 2. The molecule has 0 aliphatic heterocycles. The monoisotopic (exact) mass is 287 g/mol. The van der Waals surface area contributed by atoms with Crippen LogP contribution >= 0.6 is 11.8 Å². The lowest BCUT2D eigenvalue weighted by molar-refractivity contribution is -0.144. The van der Waals surface area contributed by atoms with Gasteiger partial charge >= 0.3 is 5.97 Å². The minimum atomic E-state index is -0.963. The van der Waals surface area contributed by atoms with E-state index in [1.165, 1.54) is 11.8 Å². The summed E-state index contributed by atoms with van der Waals surface area (Å²) in [4.78, 5) is 11.4. The van der Waals surface area contributed by atoms with E-state index in [-0.39, 0.29) is 11.3 Å². The third-order valence-electron chi connectivity index (χ3n) is 2.58. The Morgan fingerprint density at radius 3 is 2.53 bits per heavy atom. The minimum Gasteiger partial charge on any atom is -0.480 e. The van der Waals surface area contributed by atoms with Gasteiger partial charge in [0, 0.05) is 18.2 Å². The highest BCUT2D eigenvalue weighted by atomic mass is 32.2. The predicted molar refractivity (Wildman–Crippen MR) is 73.3 cm³/mol. The van der Waals surface area contributed by atoms with Crippen LogP contribution in [0.15, 0.2) is 9.64 Å². The molecule has 0 aliphatic rings. The molecule has 1 heterocycles. The molecule has 1 aromatic heterocycles. The van der Waals surface area contributed by atoms with Crippen LogP contribution in [0.4, 0.5) is 0 Å². The number of nitrogens with zero attached hydrogens (tertiary/aromatic N) is 2. The third kappa shape index (κ3) is 4.83. The molecule has 0 bridgehead atoms. The topological polar surface area (TPSA) is 88.2 Å². The lowest BCUT2D eigenvalue weighted by Crippen LogP contribution is -2.53. The van der Waals surface area contributed by atoms with Gasteiger partial charge in [0.15, 0.2) is 0 Å². The first-order chi connectivity index (χ1) is 8.73. The zero-order valence-corrected chi connectivity index (χ0v) is 12.7. The Kier molecular flexibility index (Phi) is 5.37. The average molecular weight is 287 g/mol. The van der Waals surface area contributed by atoms with E-state index in [0.29, 0.717) is 17.5 Å². The van der Waals surface area contributed by atoms with Gasteiger partial charge in [0.05, 0.1) is 0 Å². The number of hydrogen-bond acceptors (Lipinski definition) is 6. The van der Waals surface area contributed by atoms with Crippen molar-refractivity contribution in [2.75, 3.05) is 0 Å². The van der Waals surface area contributed by atoms with Crippen molar-refractivity contribution in [3.05, 3.63) is 5.89 Å². The van der Waals surface area contributed by atoms with Gasteiger partial charge in [-0.1, -0.05) is 18.7 Å². The number of rotatable bonds is 7. The highest BCUT2D eigenvalue weighted by molar-refractivity contribution is 7.99. The van der Waals surface area contributed by atoms with Gasteiger partial charge in [0.25, 0.3) is 5.22 Å². The van der Waals surface area contributed by atoms with Crippen molar-refractivity contribution in [1.82, 2.24) is 15.5 Å². The second kappa shape index (κ2) is 6.38. The smallest absolute Gasteiger partial charge is 0.323 e. The molecule has 0 aliphatic carbocycles. The summed E-state index contributed by atoms with van der Waals surface area (Å²) < 4.78 is 5.28. The molecular formula is C12H21N3O3S. The second-order valence-electron chi connectivity index (χ2n) is 5.16. The maximum Gasteiger partial charge on any atom is 0.323 e. The molecule has 0 saturated carbocycles. The summed E-state index contributed by atoms with van der Waals surface area (Å²) >= 11 is 1.39.